The van der Waals surface area contributed by atoms with Gasteiger partial charge < -0.3 is 10.6 Å². The number of halogens is 2. The van der Waals surface area contributed by atoms with Crippen LogP contribution in [0.25, 0.3) is 0 Å². The Kier molecular flexibility index (Phi) is 5.76. The van der Waals surface area contributed by atoms with Gasteiger partial charge in [0.15, 0.2) is 11.6 Å². The summed E-state index contributed by atoms with van der Waals surface area (Å²) in [5.41, 5.74) is 4.41. The van der Waals surface area contributed by atoms with E-state index in [1.54, 1.807) is 74.5 Å². The van der Waals surface area contributed by atoms with Gasteiger partial charge in [0, 0.05) is 16.7 Å². The number of benzene rings is 4. The number of carbonyl (C=O) groups is 4. The zero-order valence-corrected chi connectivity index (χ0v) is 23.6. The largest absolute Gasteiger partial charge is 0.339 e. The monoisotopic (exact) mass is 592 g/mol. The molecule has 0 unspecified atom stereocenters. The van der Waals surface area contributed by atoms with E-state index in [0.717, 1.165) is 0 Å². The Hall–Kier alpha value is -4.92. The second-order valence-corrected chi connectivity index (χ2v) is 10.8. The summed E-state index contributed by atoms with van der Waals surface area (Å²) in [5.74, 6) is -1.21. The van der Waals surface area contributed by atoms with E-state index >= 15 is 0 Å². The second-order valence-electron chi connectivity index (χ2n) is 10.1. The minimum Gasteiger partial charge on any atom is -0.339 e. The fourth-order valence-electron chi connectivity index (χ4n) is 5.62. The van der Waals surface area contributed by atoms with E-state index in [4.69, 9.17) is 23.2 Å². The quantitative estimate of drug-likeness (QED) is 0.244. The van der Waals surface area contributed by atoms with Crippen LogP contribution in [-0.4, -0.2) is 35.1 Å². The number of hydrogen-bond acceptors (Lipinski definition) is 6. The molecular formula is C32H18Cl2N4O4. The maximum atomic E-state index is 14.0. The zero-order chi connectivity index (χ0) is 29.4. The fourth-order valence-corrected chi connectivity index (χ4v) is 6.18. The molecule has 0 saturated carbocycles. The lowest BCUT2D eigenvalue weighted by molar-refractivity contribution is 0.0980. The maximum Gasteiger partial charge on any atom is 0.280 e. The molecule has 8 nitrogen and oxygen atoms in total. The predicted molar refractivity (Wildman–Crippen MR) is 161 cm³/mol. The number of fused-ring (bicyclic) bond motifs is 4. The molecule has 3 aliphatic rings. The molecule has 0 aromatic heterocycles. The Bertz CT molecular complexity index is 2060. The second kappa shape index (κ2) is 9.30. The molecule has 4 aromatic rings. The van der Waals surface area contributed by atoms with Crippen molar-refractivity contribution in [2.45, 2.75) is 13.8 Å². The number of nitrogens with zero attached hydrogens (tertiary/aromatic N) is 2. The summed E-state index contributed by atoms with van der Waals surface area (Å²) in [6.45, 7) is 3.55. The van der Waals surface area contributed by atoms with Crippen molar-refractivity contribution >= 4 is 69.6 Å². The maximum absolute atomic E-state index is 14.0. The highest BCUT2D eigenvalue weighted by Gasteiger charge is 2.36. The first kappa shape index (κ1) is 26.0. The SMILES string of the molecule is Cc1c(C)c2c(c(Cl)c1Cl)C(Nc1cccc3c1C(=O)c1cccc(NC4=NC(=O)c5ccccc54)c1C3=O)=NC2=O. The van der Waals surface area contributed by atoms with Crippen LogP contribution in [0.2, 0.25) is 10.0 Å². The molecule has 42 heavy (non-hydrogen) atoms. The molecule has 0 bridgehead atoms. The van der Waals surface area contributed by atoms with Crippen LogP contribution in [0, 0.1) is 13.8 Å². The van der Waals surface area contributed by atoms with Crippen LogP contribution in [-0.2, 0) is 0 Å². The zero-order valence-electron chi connectivity index (χ0n) is 22.1. The first-order chi connectivity index (χ1) is 20.2. The number of nitrogens with one attached hydrogen (secondary N) is 2. The summed E-state index contributed by atoms with van der Waals surface area (Å²) in [5, 5.41) is 6.67. The number of hydrogen-bond donors (Lipinski definition) is 2. The highest BCUT2D eigenvalue weighted by atomic mass is 35.5. The molecule has 0 saturated heterocycles. The molecule has 2 N–H and O–H groups in total. The first-order valence-electron chi connectivity index (χ1n) is 12.9. The molecule has 2 heterocycles. The fraction of sp³-hybridized carbons (Fsp3) is 0.0625. The van der Waals surface area contributed by atoms with Crippen LogP contribution in [0.4, 0.5) is 11.4 Å². The highest BCUT2D eigenvalue weighted by Crippen LogP contribution is 2.40. The standard InChI is InChI=1S/C32H18Cl2N4O4/c1-13-14(2)25(33)26(34)24-21(13)32(42)38-30(24)36-20-12-6-10-18-23(20)28(40)17-9-5-11-19(22(17)27(18)39)35-29-15-7-3-4-8-16(15)31(41)37-29/h3-12H,1-2H3,(H,35,37,41)(H,36,38,42). The van der Waals surface area contributed by atoms with Gasteiger partial charge >= 0.3 is 0 Å². The number of amides is 2. The van der Waals surface area contributed by atoms with Gasteiger partial charge in [-0.1, -0.05) is 65.7 Å². The normalized spacial score (nSPS) is 14.7. The Morgan fingerprint density at radius 1 is 0.524 bits per heavy atom. The Labute approximate surface area is 249 Å². The van der Waals surface area contributed by atoms with E-state index in [0.29, 0.717) is 55.6 Å². The minimum absolute atomic E-state index is 0.139. The molecule has 4 aromatic carbocycles. The minimum atomic E-state index is -0.477. The van der Waals surface area contributed by atoms with Crippen LogP contribution in [0.15, 0.2) is 70.6 Å². The molecule has 204 valence electrons. The molecule has 2 amide bonds. The Morgan fingerprint density at radius 2 is 1.05 bits per heavy atom. The Morgan fingerprint density at radius 3 is 1.67 bits per heavy atom. The van der Waals surface area contributed by atoms with E-state index in [9.17, 15) is 19.2 Å². The number of carbonyl (C=O) groups excluding carboxylic acids is 4. The molecule has 7 rings (SSSR count). The van der Waals surface area contributed by atoms with Crippen LogP contribution < -0.4 is 10.6 Å². The molecule has 0 atom stereocenters. The van der Waals surface area contributed by atoms with E-state index in [2.05, 4.69) is 20.6 Å². The molecule has 0 radical (unpaired) electrons. The predicted octanol–water partition coefficient (Wildman–Crippen LogP) is 6.41. The van der Waals surface area contributed by atoms with Gasteiger partial charge in [0.05, 0.1) is 49.2 Å². The van der Waals surface area contributed by atoms with E-state index in [1.165, 1.54) is 0 Å². The summed E-state index contributed by atoms with van der Waals surface area (Å²) in [6, 6.07) is 16.7. The molecule has 2 aliphatic heterocycles. The third-order valence-electron chi connectivity index (χ3n) is 7.80. The van der Waals surface area contributed by atoms with Gasteiger partial charge in [0.25, 0.3) is 11.8 Å². The van der Waals surface area contributed by atoms with E-state index in [1.807, 2.05) is 0 Å². The number of amidine groups is 2. The van der Waals surface area contributed by atoms with Gasteiger partial charge in [0.1, 0.15) is 11.7 Å². The van der Waals surface area contributed by atoms with Crippen LogP contribution in [0.1, 0.15) is 74.8 Å². The van der Waals surface area contributed by atoms with Crippen molar-refractivity contribution in [3.05, 3.63) is 126 Å². The molecule has 1 aliphatic carbocycles. The van der Waals surface area contributed by atoms with Gasteiger partial charge in [-0.3, -0.25) is 19.2 Å². The van der Waals surface area contributed by atoms with Crippen LogP contribution in [0.3, 0.4) is 0 Å². The van der Waals surface area contributed by atoms with Gasteiger partial charge in [0.2, 0.25) is 0 Å². The summed E-state index contributed by atoms with van der Waals surface area (Å²) >= 11 is 13.0. The van der Waals surface area contributed by atoms with Gasteiger partial charge in [-0.25, -0.2) is 0 Å². The molecule has 0 spiro atoms. The third-order valence-corrected chi connectivity index (χ3v) is 8.74. The van der Waals surface area contributed by atoms with Crippen LogP contribution >= 0.6 is 23.2 Å². The number of rotatable bonds is 2. The summed E-state index contributed by atoms with van der Waals surface area (Å²) in [6.07, 6.45) is 0. The van der Waals surface area contributed by atoms with Crippen LogP contribution in [0.5, 0.6) is 0 Å². The number of ketones is 2. The lowest BCUT2D eigenvalue weighted by Gasteiger charge is -2.23. The summed E-state index contributed by atoms with van der Waals surface area (Å²) < 4.78 is 0. The van der Waals surface area contributed by atoms with Crippen molar-refractivity contribution in [1.29, 1.82) is 0 Å². The average Bonchev–Trinajstić information content (AvgIpc) is 3.49. The molecule has 10 heteroatoms. The average molecular weight is 593 g/mol. The molecular weight excluding hydrogens is 575 g/mol. The molecule has 0 fully saturated rings. The van der Waals surface area contributed by atoms with Crippen molar-refractivity contribution in [3.63, 3.8) is 0 Å². The van der Waals surface area contributed by atoms with Gasteiger partial charge in [-0.05, 0) is 43.2 Å². The summed E-state index contributed by atoms with van der Waals surface area (Å²) in [4.78, 5) is 61.4. The lowest BCUT2D eigenvalue weighted by Crippen LogP contribution is -2.26. The third kappa shape index (κ3) is 3.62. The van der Waals surface area contributed by atoms with Crippen molar-refractivity contribution in [1.82, 2.24) is 0 Å². The van der Waals surface area contributed by atoms with Gasteiger partial charge in [-0.2, -0.15) is 9.98 Å². The van der Waals surface area contributed by atoms with E-state index < -0.39 is 11.7 Å². The smallest absolute Gasteiger partial charge is 0.280 e. The lowest BCUT2D eigenvalue weighted by atomic mass is 9.82. The Balaban J connectivity index is 1.29. The van der Waals surface area contributed by atoms with Crippen molar-refractivity contribution in [2.24, 2.45) is 9.98 Å². The highest BCUT2D eigenvalue weighted by molar-refractivity contribution is 6.47. The van der Waals surface area contributed by atoms with Crippen molar-refractivity contribution in [3.8, 4) is 0 Å². The number of aliphatic imine (C=N–C) groups is 2. The van der Waals surface area contributed by atoms with Crippen molar-refractivity contribution < 1.29 is 19.2 Å². The number of anilines is 2. The topological polar surface area (TPSA) is 117 Å². The van der Waals surface area contributed by atoms with E-state index in [-0.39, 0.29) is 44.8 Å². The van der Waals surface area contributed by atoms with Crippen molar-refractivity contribution in [2.75, 3.05) is 10.6 Å². The van der Waals surface area contributed by atoms with Gasteiger partial charge in [-0.15, -0.1) is 0 Å². The first-order valence-corrected chi connectivity index (χ1v) is 13.7. The summed E-state index contributed by atoms with van der Waals surface area (Å²) in [7, 11) is 0.